The van der Waals surface area contributed by atoms with E-state index >= 15 is 0 Å². The van der Waals surface area contributed by atoms with Crippen LogP contribution in [0.5, 0.6) is 0 Å². The van der Waals surface area contributed by atoms with Gasteiger partial charge in [-0.15, -0.1) is 11.8 Å². The summed E-state index contributed by atoms with van der Waals surface area (Å²) in [6.07, 6.45) is 6.84. The highest BCUT2D eigenvalue weighted by atomic mass is 32.2. The maximum Gasteiger partial charge on any atom is 0.226 e. The van der Waals surface area contributed by atoms with Crippen LogP contribution in [-0.2, 0) is 20.8 Å². The Labute approximate surface area is 214 Å². The van der Waals surface area contributed by atoms with E-state index in [-0.39, 0.29) is 17.2 Å². The molecule has 0 fully saturated rings. The van der Waals surface area contributed by atoms with E-state index < -0.39 is 5.92 Å². The first-order chi connectivity index (χ1) is 16.6. The molecule has 0 aliphatic rings. The number of oxazole rings is 1. The molecule has 35 heavy (non-hydrogen) atoms. The lowest BCUT2D eigenvalue weighted by Crippen LogP contribution is -2.22. The summed E-state index contributed by atoms with van der Waals surface area (Å²) in [5, 5.41) is 3.44. The number of thiazole rings is 1. The van der Waals surface area contributed by atoms with Crippen LogP contribution in [0.2, 0.25) is 0 Å². The van der Waals surface area contributed by atoms with Crippen molar-refractivity contribution in [3.8, 4) is 0 Å². The Morgan fingerprint density at radius 3 is 2.60 bits per heavy atom. The normalized spacial score (nSPS) is 12.4. The number of hydrogen-bond acceptors (Lipinski definition) is 8. The number of nitrogens with zero attached hydrogens (tertiary/aromatic N) is 2. The van der Waals surface area contributed by atoms with Crippen molar-refractivity contribution in [2.45, 2.75) is 74.2 Å². The van der Waals surface area contributed by atoms with Crippen LogP contribution in [-0.4, -0.2) is 21.8 Å². The second-order valence-corrected chi connectivity index (χ2v) is 11.7. The second kappa shape index (κ2) is 12.2. The van der Waals surface area contributed by atoms with Crippen LogP contribution in [0.25, 0.3) is 0 Å². The monoisotopic (exact) mass is 515 g/mol. The number of benzene rings is 1. The number of aromatic nitrogens is 2. The number of para-hydroxylation sites is 1. The average Bonchev–Trinajstić information content (AvgIpc) is 3.45. The summed E-state index contributed by atoms with van der Waals surface area (Å²) in [6, 6.07) is 7.30. The molecule has 1 aromatic carbocycles. The highest BCUT2D eigenvalue weighted by Gasteiger charge is 2.20. The van der Waals surface area contributed by atoms with Gasteiger partial charge in [0.15, 0.2) is 5.13 Å². The number of amides is 2. The summed E-state index contributed by atoms with van der Waals surface area (Å²) in [5.41, 5.74) is 12.9. The summed E-state index contributed by atoms with van der Waals surface area (Å²) >= 11 is 3.01. The van der Waals surface area contributed by atoms with Crippen molar-refractivity contribution < 1.29 is 14.0 Å². The van der Waals surface area contributed by atoms with Gasteiger partial charge in [-0.2, -0.15) is 0 Å². The van der Waals surface area contributed by atoms with Crippen LogP contribution < -0.4 is 16.8 Å². The quantitative estimate of drug-likeness (QED) is 0.165. The number of nitrogens with two attached hydrogens (primary N) is 2. The molecule has 5 N–H and O–H groups in total. The van der Waals surface area contributed by atoms with Crippen molar-refractivity contribution in [2.75, 3.05) is 11.1 Å². The van der Waals surface area contributed by atoms with Crippen LogP contribution in [0, 0.1) is 0 Å². The maximum atomic E-state index is 12.3. The number of anilines is 2. The molecule has 0 radical (unpaired) electrons. The molecule has 1 atom stereocenters. The molecular weight excluding hydrogens is 482 g/mol. The molecule has 0 spiro atoms. The fraction of sp³-hybridized carbons (Fsp3) is 0.440. The van der Waals surface area contributed by atoms with Crippen LogP contribution >= 0.6 is 23.1 Å². The number of carbonyl (C=O) groups excluding carboxylic acids is 2. The van der Waals surface area contributed by atoms with Gasteiger partial charge in [0.05, 0.1) is 28.3 Å². The van der Waals surface area contributed by atoms with Crippen molar-refractivity contribution in [2.24, 2.45) is 5.73 Å². The molecule has 3 rings (SSSR count). The lowest BCUT2D eigenvalue weighted by atomic mass is 9.91. The van der Waals surface area contributed by atoms with Crippen LogP contribution in [0.3, 0.4) is 0 Å². The number of nitrogen functional groups attached to an aromatic ring is 1. The molecule has 10 heteroatoms. The molecule has 8 nitrogen and oxygen atoms in total. The number of carbonyl (C=O) groups is 2. The van der Waals surface area contributed by atoms with Gasteiger partial charge >= 0.3 is 0 Å². The van der Waals surface area contributed by atoms with Gasteiger partial charge in [0, 0.05) is 17.5 Å². The van der Waals surface area contributed by atoms with E-state index in [9.17, 15) is 9.59 Å². The molecule has 0 bridgehead atoms. The van der Waals surface area contributed by atoms with Crippen molar-refractivity contribution in [1.29, 1.82) is 0 Å². The Hall–Kier alpha value is -2.85. The highest BCUT2D eigenvalue weighted by Crippen LogP contribution is 2.32. The summed E-state index contributed by atoms with van der Waals surface area (Å²) in [4.78, 5) is 32.8. The molecule has 188 valence electrons. The number of rotatable bonds is 12. The van der Waals surface area contributed by atoms with Gasteiger partial charge in [0.1, 0.15) is 5.76 Å². The van der Waals surface area contributed by atoms with E-state index in [2.05, 4.69) is 36.1 Å². The molecule has 0 aliphatic carbocycles. The predicted molar refractivity (Wildman–Crippen MR) is 141 cm³/mol. The maximum absolute atomic E-state index is 12.3. The fourth-order valence-electron chi connectivity index (χ4n) is 3.51. The molecule has 0 saturated carbocycles. The Bertz CT molecular complexity index is 1140. The summed E-state index contributed by atoms with van der Waals surface area (Å²) in [7, 11) is 0. The zero-order valence-electron chi connectivity index (χ0n) is 20.4. The third-order valence-corrected chi connectivity index (χ3v) is 7.57. The van der Waals surface area contributed by atoms with Crippen LogP contribution in [0.4, 0.5) is 10.8 Å². The van der Waals surface area contributed by atoms with Crippen molar-refractivity contribution in [1.82, 2.24) is 9.97 Å². The first-order valence-corrected chi connectivity index (χ1v) is 13.4. The summed E-state index contributed by atoms with van der Waals surface area (Å²) in [5.74, 6) is 1.28. The van der Waals surface area contributed by atoms with E-state index in [1.165, 1.54) is 11.3 Å². The third-order valence-electron chi connectivity index (χ3n) is 5.47. The molecule has 2 amide bonds. The average molecular weight is 516 g/mol. The topological polar surface area (TPSA) is 137 Å². The lowest BCUT2D eigenvalue weighted by Gasteiger charge is -2.15. The largest absolute Gasteiger partial charge is 0.444 e. The number of nitrogens with one attached hydrogen (secondary N) is 1. The smallest absolute Gasteiger partial charge is 0.226 e. The van der Waals surface area contributed by atoms with E-state index in [4.69, 9.17) is 15.9 Å². The minimum atomic E-state index is -0.410. The third kappa shape index (κ3) is 8.10. The van der Waals surface area contributed by atoms with Crippen LogP contribution in [0.1, 0.15) is 76.0 Å². The fourth-order valence-corrected chi connectivity index (χ4v) is 5.25. The first-order valence-electron chi connectivity index (χ1n) is 11.6. The molecule has 2 aromatic heterocycles. The van der Waals surface area contributed by atoms with E-state index in [0.29, 0.717) is 35.3 Å². The second-order valence-electron chi connectivity index (χ2n) is 9.37. The van der Waals surface area contributed by atoms with Gasteiger partial charge < -0.3 is 21.2 Å². The Morgan fingerprint density at radius 1 is 1.14 bits per heavy atom. The van der Waals surface area contributed by atoms with Gasteiger partial charge in [-0.05, 0) is 24.5 Å². The van der Waals surface area contributed by atoms with Gasteiger partial charge in [0.2, 0.25) is 17.7 Å². The standard InChI is InChI=1S/C25H33N5O3S2/c1-25(2,3)19-13-28-21(33-19)15-34-22-14-29-24(35-22)30-20(31)12-6-4-5-10-17(23(27)32)16-9-7-8-11-18(16)26/h7-9,11,13-14,17H,4-6,10,12,15,26H2,1-3H3,(H2,27,32)(H,29,30,31). The van der Waals surface area contributed by atoms with Gasteiger partial charge in [-0.3, -0.25) is 9.59 Å². The van der Waals surface area contributed by atoms with Gasteiger partial charge in [0.25, 0.3) is 0 Å². The first kappa shape index (κ1) is 26.7. The molecule has 0 saturated heterocycles. The lowest BCUT2D eigenvalue weighted by molar-refractivity contribution is -0.119. The van der Waals surface area contributed by atoms with Crippen molar-refractivity contribution >= 4 is 45.7 Å². The van der Waals surface area contributed by atoms with Gasteiger partial charge in [-0.1, -0.05) is 63.1 Å². The predicted octanol–water partition coefficient (Wildman–Crippen LogP) is 5.46. The zero-order valence-corrected chi connectivity index (χ0v) is 22.0. The molecular formula is C25H33N5O3S2. The zero-order chi connectivity index (χ0) is 25.4. The molecule has 0 aliphatic heterocycles. The SMILES string of the molecule is CC(C)(C)c1cnc(CSc2cnc(NC(=O)CCCCCC(C(N)=O)c3ccccc3N)s2)o1. The van der Waals surface area contributed by atoms with Crippen molar-refractivity contribution in [3.63, 3.8) is 0 Å². The molecule has 2 heterocycles. The highest BCUT2D eigenvalue weighted by molar-refractivity contribution is 8.00. The van der Waals surface area contributed by atoms with E-state index in [1.807, 2.05) is 18.2 Å². The van der Waals surface area contributed by atoms with E-state index in [1.54, 1.807) is 30.2 Å². The van der Waals surface area contributed by atoms with Crippen molar-refractivity contribution in [3.05, 3.63) is 53.9 Å². The number of primary amides is 1. The summed E-state index contributed by atoms with van der Waals surface area (Å²) < 4.78 is 6.79. The number of unbranched alkanes of at least 4 members (excludes halogenated alkanes) is 2. The minimum Gasteiger partial charge on any atom is -0.444 e. The van der Waals surface area contributed by atoms with Gasteiger partial charge in [-0.25, -0.2) is 9.97 Å². The minimum absolute atomic E-state index is 0.0721. The Morgan fingerprint density at radius 2 is 1.91 bits per heavy atom. The van der Waals surface area contributed by atoms with E-state index in [0.717, 1.165) is 34.8 Å². The molecule has 1 unspecified atom stereocenters. The number of hydrogen-bond donors (Lipinski definition) is 3. The van der Waals surface area contributed by atoms with Crippen LogP contribution in [0.15, 0.2) is 45.3 Å². The number of thioether (sulfide) groups is 1. The summed E-state index contributed by atoms with van der Waals surface area (Å²) in [6.45, 7) is 6.25. The Balaban J connectivity index is 1.37. The Kier molecular flexibility index (Phi) is 9.33. The molecule has 3 aromatic rings.